The maximum Gasteiger partial charge on any atom is 0.169 e. The average Bonchev–Trinajstić information content (AvgIpc) is 3.48. The van der Waals surface area contributed by atoms with Crippen LogP contribution in [0.1, 0.15) is 65.2 Å². The molecule has 2 saturated heterocycles. The topological polar surface area (TPSA) is 89.7 Å². The lowest BCUT2D eigenvalue weighted by Gasteiger charge is -2.63. The summed E-state index contributed by atoms with van der Waals surface area (Å²) >= 11 is 0. The third kappa shape index (κ3) is 2.87. The van der Waals surface area contributed by atoms with Crippen molar-refractivity contribution in [1.29, 1.82) is 0 Å². The number of oxime groups is 1. The van der Waals surface area contributed by atoms with E-state index >= 15 is 0 Å². The van der Waals surface area contributed by atoms with Gasteiger partial charge in [0.05, 0.1) is 38.7 Å². The normalized spacial score (nSPS) is 51.6. The minimum Gasteiger partial charge on any atom is -0.411 e. The van der Waals surface area contributed by atoms with Crippen LogP contribution in [0.25, 0.3) is 0 Å². The summed E-state index contributed by atoms with van der Waals surface area (Å²) in [5, 5.41) is 25.1. The van der Waals surface area contributed by atoms with Gasteiger partial charge in [-0.15, -0.1) is 5.16 Å². The zero-order valence-electron chi connectivity index (χ0n) is 19.5. The van der Waals surface area contributed by atoms with Gasteiger partial charge in [0, 0.05) is 24.2 Å². The fourth-order valence-corrected chi connectivity index (χ4v) is 9.61. The Balaban J connectivity index is 1.33. The third-order valence-electron chi connectivity index (χ3n) is 10.8. The van der Waals surface area contributed by atoms with Crippen LogP contribution < -0.4 is 0 Å². The van der Waals surface area contributed by atoms with Crippen LogP contribution in [-0.4, -0.2) is 60.6 Å². The van der Waals surface area contributed by atoms with E-state index in [9.17, 15) is 10.3 Å². The van der Waals surface area contributed by atoms with Crippen molar-refractivity contribution < 1.29 is 29.3 Å². The number of hydrogen-bond acceptors (Lipinski definition) is 7. The van der Waals surface area contributed by atoms with Crippen LogP contribution in [-0.2, 0) is 18.9 Å². The van der Waals surface area contributed by atoms with E-state index in [2.05, 4.69) is 12.1 Å². The molecular weight excluding hydrogens is 410 g/mol. The van der Waals surface area contributed by atoms with Crippen molar-refractivity contribution >= 4 is 6.21 Å². The number of fused-ring (bicyclic) bond motifs is 5. The van der Waals surface area contributed by atoms with Gasteiger partial charge in [-0.05, 0) is 74.5 Å². The summed E-state index contributed by atoms with van der Waals surface area (Å²) in [5.74, 6) is 0.630. The SMILES string of the molecule is CC1([C@H]2CC[C@@H]3[C@@H]4CC[C@@H]5CC6(CC[C@]5(C)[C@H]4[C@H](O)C[C@]32/C=N/O)OCCO6)OCCO1. The van der Waals surface area contributed by atoms with E-state index < -0.39 is 11.9 Å². The van der Waals surface area contributed by atoms with Crippen molar-refractivity contribution in [3.8, 4) is 0 Å². The molecule has 0 bridgehead atoms. The second kappa shape index (κ2) is 7.38. The first-order valence-electron chi connectivity index (χ1n) is 12.8. The van der Waals surface area contributed by atoms with Gasteiger partial charge in [0.15, 0.2) is 11.6 Å². The van der Waals surface area contributed by atoms with Crippen LogP contribution in [0.2, 0.25) is 0 Å². The zero-order chi connectivity index (χ0) is 22.2. The maximum atomic E-state index is 11.8. The molecule has 0 aromatic rings. The predicted molar refractivity (Wildman–Crippen MR) is 116 cm³/mol. The molecule has 2 aliphatic heterocycles. The molecule has 2 N–H and O–H groups in total. The van der Waals surface area contributed by atoms with Crippen molar-refractivity contribution in [2.45, 2.75) is 82.9 Å². The first kappa shape index (κ1) is 21.8. The van der Waals surface area contributed by atoms with E-state index in [1.807, 2.05) is 6.92 Å². The number of nitrogens with zero attached hydrogens (tertiary/aromatic N) is 1. The van der Waals surface area contributed by atoms with Crippen LogP contribution in [0.5, 0.6) is 0 Å². The van der Waals surface area contributed by atoms with E-state index in [4.69, 9.17) is 18.9 Å². The highest BCUT2D eigenvalue weighted by Crippen LogP contribution is 2.69. The maximum absolute atomic E-state index is 11.8. The number of rotatable bonds is 2. The second-order valence-corrected chi connectivity index (χ2v) is 11.9. The Hall–Kier alpha value is -0.730. The molecule has 0 unspecified atom stereocenters. The summed E-state index contributed by atoms with van der Waals surface area (Å²) in [7, 11) is 0. The van der Waals surface area contributed by atoms with Gasteiger partial charge in [0.2, 0.25) is 0 Å². The molecule has 1 spiro atoms. The lowest BCUT2D eigenvalue weighted by Crippen LogP contribution is -2.62. The molecule has 2 heterocycles. The summed E-state index contributed by atoms with van der Waals surface area (Å²) in [5.41, 5.74) is -0.293. The number of hydrogen-bond donors (Lipinski definition) is 2. The van der Waals surface area contributed by atoms with Crippen molar-refractivity contribution in [1.82, 2.24) is 0 Å². The standard InChI is InChI=1S/C25H39NO6/c1-22-7-8-25(31-11-12-32-25)13-16(22)3-4-17-18-5-6-20(23(2)29-9-10-30-23)24(18,15-26-28)14-19(27)21(17)22/h15-21,27-28H,3-14H2,1-2H3/b26-15+/t16-,17+,18-,19-,20-,21-,22+,24+/m1/s1. The molecule has 6 rings (SSSR count). The monoisotopic (exact) mass is 449 g/mol. The molecule has 32 heavy (non-hydrogen) atoms. The first-order valence-corrected chi connectivity index (χ1v) is 12.8. The van der Waals surface area contributed by atoms with Gasteiger partial charge in [-0.3, -0.25) is 0 Å². The highest BCUT2D eigenvalue weighted by atomic mass is 16.7. The minimum absolute atomic E-state index is 0.0910. The molecule has 7 heteroatoms. The highest BCUT2D eigenvalue weighted by Gasteiger charge is 2.68. The molecule has 4 saturated carbocycles. The Morgan fingerprint density at radius 2 is 1.59 bits per heavy atom. The number of ether oxygens (including phenoxy) is 4. The molecule has 6 fully saturated rings. The summed E-state index contributed by atoms with van der Waals surface area (Å²) in [6, 6.07) is 0. The summed E-state index contributed by atoms with van der Waals surface area (Å²) in [6.45, 7) is 7.07. The van der Waals surface area contributed by atoms with Crippen LogP contribution in [0.4, 0.5) is 0 Å². The molecule has 4 aliphatic carbocycles. The highest BCUT2D eigenvalue weighted by molar-refractivity contribution is 5.68. The van der Waals surface area contributed by atoms with Gasteiger partial charge in [-0.25, -0.2) is 0 Å². The Morgan fingerprint density at radius 3 is 2.31 bits per heavy atom. The lowest BCUT2D eigenvalue weighted by atomic mass is 9.43. The Kier molecular flexibility index (Phi) is 5.02. The molecule has 0 aromatic carbocycles. The van der Waals surface area contributed by atoms with Crippen LogP contribution in [0, 0.1) is 40.4 Å². The summed E-state index contributed by atoms with van der Waals surface area (Å²) in [4.78, 5) is 0. The molecular formula is C25H39NO6. The Bertz CT molecular complexity index is 762. The molecule has 0 radical (unpaired) electrons. The lowest BCUT2D eigenvalue weighted by molar-refractivity contribution is -0.247. The van der Waals surface area contributed by atoms with Gasteiger partial charge in [-0.1, -0.05) is 6.92 Å². The molecule has 180 valence electrons. The van der Waals surface area contributed by atoms with E-state index in [1.54, 1.807) is 6.21 Å². The molecule has 0 amide bonds. The number of aliphatic hydroxyl groups is 1. The van der Waals surface area contributed by atoms with E-state index in [-0.39, 0.29) is 28.5 Å². The van der Waals surface area contributed by atoms with Crippen LogP contribution in [0.15, 0.2) is 5.16 Å². The largest absolute Gasteiger partial charge is 0.411 e. The Labute approximate surface area is 190 Å². The zero-order valence-corrected chi connectivity index (χ0v) is 19.5. The fraction of sp³-hybridized carbons (Fsp3) is 0.960. The minimum atomic E-state index is -0.669. The van der Waals surface area contributed by atoms with E-state index in [0.717, 1.165) is 44.9 Å². The first-order chi connectivity index (χ1) is 15.4. The van der Waals surface area contributed by atoms with Crippen LogP contribution in [0.3, 0.4) is 0 Å². The summed E-state index contributed by atoms with van der Waals surface area (Å²) in [6.07, 6.45) is 9.17. The van der Waals surface area contributed by atoms with Gasteiger partial charge in [0.25, 0.3) is 0 Å². The van der Waals surface area contributed by atoms with Crippen molar-refractivity contribution in [3.63, 3.8) is 0 Å². The van der Waals surface area contributed by atoms with Crippen LogP contribution >= 0.6 is 0 Å². The van der Waals surface area contributed by atoms with Gasteiger partial charge < -0.3 is 29.3 Å². The quantitative estimate of drug-likeness (QED) is 0.381. The van der Waals surface area contributed by atoms with Gasteiger partial charge >= 0.3 is 0 Å². The van der Waals surface area contributed by atoms with Gasteiger partial charge in [-0.2, -0.15) is 0 Å². The number of aliphatic hydroxyl groups excluding tert-OH is 1. The van der Waals surface area contributed by atoms with Crippen molar-refractivity contribution in [2.24, 2.45) is 45.6 Å². The molecule has 6 aliphatic rings. The smallest absolute Gasteiger partial charge is 0.169 e. The third-order valence-corrected chi connectivity index (χ3v) is 10.8. The Morgan fingerprint density at radius 1 is 0.875 bits per heavy atom. The van der Waals surface area contributed by atoms with Crippen molar-refractivity contribution in [3.05, 3.63) is 0 Å². The van der Waals surface area contributed by atoms with E-state index in [1.165, 1.54) is 0 Å². The average molecular weight is 450 g/mol. The fourth-order valence-electron chi connectivity index (χ4n) is 9.61. The van der Waals surface area contributed by atoms with E-state index in [0.29, 0.717) is 50.6 Å². The van der Waals surface area contributed by atoms with Gasteiger partial charge in [0.1, 0.15) is 0 Å². The molecule has 0 aromatic heterocycles. The predicted octanol–water partition coefficient (Wildman–Crippen LogP) is 3.56. The molecule has 8 atom stereocenters. The second-order valence-electron chi connectivity index (χ2n) is 11.9. The summed E-state index contributed by atoms with van der Waals surface area (Å²) < 4.78 is 24.4. The molecule has 7 nitrogen and oxygen atoms in total. The van der Waals surface area contributed by atoms with Crippen molar-refractivity contribution in [2.75, 3.05) is 26.4 Å².